The first-order valence-electron chi connectivity index (χ1n) is 9.68. The number of halogens is 2. The molecule has 1 aliphatic heterocycles. The molecule has 0 saturated carbocycles. The van der Waals surface area contributed by atoms with Crippen molar-refractivity contribution in [3.63, 3.8) is 0 Å². The summed E-state index contributed by atoms with van der Waals surface area (Å²) in [6.45, 7) is 3.26. The zero-order chi connectivity index (χ0) is 21.9. The number of sulfonamides is 1. The van der Waals surface area contributed by atoms with Gasteiger partial charge in [-0.2, -0.15) is 4.31 Å². The summed E-state index contributed by atoms with van der Waals surface area (Å²) < 4.78 is 40.2. The fourth-order valence-corrected chi connectivity index (χ4v) is 5.09. The standard InChI is InChI=1S/C21H25ClFN3O3S/c1-16(17-6-4-3-5-7-17)24(2)15-21(27)25-10-12-26(13-11-25)30(28,29)18-8-9-20(23)19(22)14-18/h3-9,14,16H,10-13,15H2,1-2H3. The van der Waals surface area contributed by atoms with E-state index >= 15 is 0 Å². The van der Waals surface area contributed by atoms with Crippen LogP contribution in [0.3, 0.4) is 0 Å². The lowest BCUT2D eigenvalue weighted by atomic mass is 10.1. The Morgan fingerprint density at radius 3 is 2.37 bits per heavy atom. The highest BCUT2D eigenvalue weighted by Crippen LogP contribution is 2.23. The van der Waals surface area contributed by atoms with Crippen LogP contribution in [0.15, 0.2) is 53.4 Å². The van der Waals surface area contributed by atoms with Crippen molar-refractivity contribution in [2.24, 2.45) is 0 Å². The van der Waals surface area contributed by atoms with Crippen molar-refractivity contribution in [3.05, 3.63) is 64.9 Å². The highest BCUT2D eigenvalue weighted by atomic mass is 35.5. The smallest absolute Gasteiger partial charge is 0.243 e. The summed E-state index contributed by atoms with van der Waals surface area (Å²) in [6.07, 6.45) is 0. The molecule has 6 nitrogen and oxygen atoms in total. The van der Waals surface area contributed by atoms with Crippen molar-refractivity contribution < 1.29 is 17.6 Å². The predicted molar refractivity (Wildman–Crippen MR) is 114 cm³/mol. The van der Waals surface area contributed by atoms with Crippen LogP contribution in [0.1, 0.15) is 18.5 Å². The summed E-state index contributed by atoms with van der Waals surface area (Å²) in [5.74, 6) is -0.706. The summed E-state index contributed by atoms with van der Waals surface area (Å²) in [5, 5.41) is -0.236. The zero-order valence-electron chi connectivity index (χ0n) is 17.0. The van der Waals surface area contributed by atoms with Gasteiger partial charge in [-0.3, -0.25) is 9.69 Å². The van der Waals surface area contributed by atoms with E-state index in [1.165, 1.54) is 10.4 Å². The molecule has 0 aromatic heterocycles. The van der Waals surface area contributed by atoms with Gasteiger partial charge in [0.05, 0.1) is 16.5 Å². The van der Waals surface area contributed by atoms with Gasteiger partial charge in [0, 0.05) is 32.2 Å². The number of nitrogens with zero attached hydrogens (tertiary/aromatic N) is 3. The monoisotopic (exact) mass is 453 g/mol. The summed E-state index contributed by atoms with van der Waals surface area (Å²) in [7, 11) is -1.89. The van der Waals surface area contributed by atoms with Crippen LogP contribution in [-0.2, 0) is 14.8 Å². The van der Waals surface area contributed by atoms with Gasteiger partial charge in [0.25, 0.3) is 0 Å². The number of piperazine rings is 1. The number of rotatable bonds is 6. The van der Waals surface area contributed by atoms with Crippen molar-refractivity contribution in [1.82, 2.24) is 14.1 Å². The van der Waals surface area contributed by atoms with E-state index in [0.717, 1.165) is 17.7 Å². The first-order valence-corrected chi connectivity index (χ1v) is 11.5. The zero-order valence-corrected chi connectivity index (χ0v) is 18.5. The van der Waals surface area contributed by atoms with E-state index in [9.17, 15) is 17.6 Å². The number of likely N-dealkylation sites (N-methyl/N-ethyl adjacent to an activating group) is 1. The summed E-state index contributed by atoms with van der Waals surface area (Å²) in [4.78, 5) is 16.3. The molecule has 9 heteroatoms. The molecule has 162 valence electrons. The molecule has 1 atom stereocenters. The van der Waals surface area contributed by atoms with Crippen LogP contribution in [0, 0.1) is 5.82 Å². The number of hydrogen-bond acceptors (Lipinski definition) is 4. The van der Waals surface area contributed by atoms with Gasteiger partial charge in [0.1, 0.15) is 5.82 Å². The van der Waals surface area contributed by atoms with E-state index < -0.39 is 15.8 Å². The van der Waals surface area contributed by atoms with Gasteiger partial charge in [-0.25, -0.2) is 12.8 Å². The third kappa shape index (κ3) is 5.00. The molecule has 0 aliphatic carbocycles. The maximum atomic E-state index is 13.4. The third-order valence-electron chi connectivity index (χ3n) is 5.45. The van der Waals surface area contributed by atoms with Crippen molar-refractivity contribution in [2.45, 2.75) is 17.9 Å². The molecule has 0 bridgehead atoms. The number of carbonyl (C=O) groups is 1. The Balaban J connectivity index is 1.58. The van der Waals surface area contributed by atoms with Crippen LogP contribution < -0.4 is 0 Å². The van der Waals surface area contributed by atoms with E-state index in [0.29, 0.717) is 13.1 Å². The maximum absolute atomic E-state index is 13.4. The molecule has 1 unspecified atom stereocenters. The van der Waals surface area contributed by atoms with E-state index in [4.69, 9.17) is 11.6 Å². The summed E-state index contributed by atoms with van der Waals surface area (Å²) in [5.41, 5.74) is 1.13. The number of carbonyl (C=O) groups excluding carboxylic acids is 1. The van der Waals surface area contributed by atoms with E-state index in [1.54, 1.807) is 4.90 Å². The Morgan fingerprint density at radius 1 is 1.13 bits per heavy atom. The number of amides is 1. The molecule has 0 radical (unpaired) electrons. The van der Waals surface area contributed by atoms with Crippen LogP contribution in [0.2, 0.25) is 5.02 Å². The van der Waals surface area contributed by atoms with E-state index in [-0.39, 0.29) is 41.5 Å². The molecule has 0 N–H and O–H groups in total. The lowest BCUT2D eigenvalue weighted by molar-refractivity contribution is -0.133. The Hall–Kier alpha value is -2.00. The fourth-order valence-electron chi connectivity index (χ4n) is 3.40. The predicted octanol–water partition coefficient (Wildman–Crippen LogP) is 3.01. The number of hydrogen-bond donors (Lipinski definition) is 0. The minimum absolute atomic E-state index is 0.0397. The summed E-state index contributed by atoms with van der Waals surface area (Å²) in [6, 6.07) is 13.4. The van der Waals surface area contributed by atoms with Gasteiger partial charge in [-0.05, 0) is 37.7 Å². The topological polar surface area (TPSA) is 60.9 Å². The van der Waals surface area contributed by atoms with Gasteiger partial charge in [0.15, 0.2) is 0 Å². The Kier molecular flexibility index (Phi) is 7.13. The van der Waals surface area contributed by atoms with Crippen LogP contribution in [0.5, 0.6) is 0 Å². The Labute approximate surface area is 181 Å². The van der Waals surface area contributed by atoms with Crippen molar-refractivity contribution in [1.29, 1.82) is 0 Å². The van der Waals surface area contributed by atoms with Crippen molar-refractivity contribution in [2.75, 3.05) is 39.8 Å². The minimum atomic E-state index is -3.79. The molecule has 1 aliphatic rings. The van der Waals surface area contributed by atoms with Crippen LogP contribution in [0.4, 0.5) is 4.39 Å². The molecular formula is C21H25ClFN3O3S. The molecular weight excluding hydrogens is 429 g/mol. The van der Waals surface area contributed by atoms with Crippen molar-refractivity contribution in [3.8, 4) is 0 Å². The molecule has 1 amide bonds. The molecule has 1 heterocycles. The fraction of sp³-hybridized carbons (Fsp3) is 0.381. The van der Waals surface area contributed by atoms with Crippen LogP contribution >= 0.6 is 11.6 Å². The first kappa shape index (κ1) is 22.7. The van der Waals surface area contributed by atoms with Crippen molar-refractivity contribution >= 4 is 27.5 Å². The van der Waals surface area contributed by atoms with Crippen LogP contribution in [0.25, 0.3) is 0 Å². The molecule has 0 spiro atoms. The van der Waals surface area contributed by atoms with Gasteiger partial charge in [-0.1, -0.05) is 41.9 Å². The molecule has 2 aromatic carbocycles. The van der Waals surface area contributed by atoms with Gasteiger partial charge < -0.3 is 4.90 Å². The van der Waals surface area contributed by atoms with E-state index in [2.05, 4.69) is 0 Å². The lowest BCUT2D eigenvalue weighted by Crippen LogP contribution is -2.52. The minimum Gasteiger partial charge on any atom is -0.339 e. The SMILES string of the molecule is CC(c1ccccc1)N(C)CC(=O)N1CCN(S(=O)(=O)c2ccc(F)c(Cl)c2)CC1. The Morgan fingerprint density at radius 2 is 1.77 bits per heavy atom. The molecule has 30 heavy (non-hydrogen) atoms. The average molecular weight is 454 g/mol. The van der Waals surface area contributed by atoms with Crippen LogP contribution in [-0.4, -0.2) is 68.2 Å². The number of benzene rings is 2. The molecule has 2 aromatic rings. The normalized spacial score (nSPS) is 16.6. The quantitative estimate of drug-likeness (QED) is 0.674. The van der Waals surface area contributed by atoms with Gasteiger partial charge in [0.2, 0.25) is 15.9 Å². The second-order valence-electron chi connectivity index (χ2n) is 7.36. The second-order valence-corrected chi connectivity index (χ2v) is 9.71. The maximum Gasteiger partial charge on any atom is 0.243 e. The first-order chi connectivity index (χ1) is 14.2. The van der Waals surface area contributed by atoms with Gasteiger partial charge >= 0.3 is 0 Å². The molecule has 3 rings (SSSR count). The average Bonchev–Trinajstić information content (AvgIpc) is 2.75. The lowest BCUT2D eigenvalue weighted by Gasteiger charge is -2.35. The molecule has 1 saturated heterocycles. The third-order valence-corrected chi connectivity index (χ3v) is 7.63. The Bertz CT molecular complexity index is 996. The summed E-state index contributed by atoms with van der Waals surface area (Å²) >= 11 is 5.73. The van der Waals surface area contributed by atoms with Gasteiger partial charge in [-0.15, -0.1) is 0 Å². The van der Waals surface area contributed by atoms with E-state index in [1.807, 2.05) is 49.2 Å². The highest BCUT2D eigenvalue weighted by molar-refractivity contribution is 7.89. The highest BCUT2D eigenvalue weighted by Gasteiger charge is 2.31. The molecule has 1 fully saturated rings. The largest absolute Gasteiger partial charge is 0.339 e. The second kappa shape index (κ2) is 9.43.